The molecule has 0 spiro atoms. The molecule has 1 saturated carbocycles. The predicted molar refractivity (Wildman–Crippen MR) is 93.2 cm³/mol. The summed E-state index contributed by atoms with van der Waals surface area (Å²) in [6, 6.07) is 8.85. The Kier molecular flexibility index (Phi) is 4.53. The summed E-state index contributed by atoms with van der Waals surface area (Å²) >= 11 is 0. The molecule has 0 unspecified atom stereocenters. The smallest absolute Gasteiger partial charge is 0.287 e. The first-order valence-corrected chi connectivity index (χ1v) is 8.63. The molecule has 0 radical (unpaired) electrons. The Morgan fingerprint density at radius 2 is 2.19 bits per heavy atom. The van der Waals surface area contributed by atoms with E-state index >= 15 is 0 Å². The number of aliphatic hydroxyl groups is 1. The molecule has 7 nitrogen and oxygen atoms in total. The fraction of sp³-hybridized carbons (Fsp3) is 0.316. The van der Waals surface area contributed by atoms with Crippen LogP contribution in [-0.2, 0) is 6.54 Å². The number of amides is 1. The number of pyridine rings is 1. The Bertz CT molecular complexity index is 854. The molecule has 0 aromatic carbocycles. The second-order valence-corrected chi connectivity index (χ2v) is 6.59. The molecule has 0 aliphatic heterocycles. The van der Waals surface area contributed by atoms with Gasteiger partial charge in [-0.15, -0.1) is 0 Å². The maximum atomic E-state index is 12.7. The number of hydrogen-bond acceptors (Lipinski definition) is 5. The van der Waals surface area contributed by atoms with E-state index in [0.29, 0.717) is 25.1 Å². The molecule has 4 rings (SSSR count). The maximum Gasteiger partial charge on any atom is 0.287 e. The molecule has 0 bridgehead atoms. The lowest BCUT2D eigenvalue weighted by Gasteiger charge is -2.37. The summed E-state index contributed by atoms with van der Waals surface area (Å²) in [4.78, 5) is 21.0. The molecule has 3 aromatic heterocycles. The lowest BCUT2D eigenvalue weighted by molar-refractivity contribution is 0.0225. The van der Waals surface area contributed by atoms with Crippen LogP contribution in [0.5, 0.6) is 0 Å². The highest BCUT2D eigenvalue weighted by Crippen LogP contribution is 2.37. The molecule has 2 N–H and O–H groups in total. The van der Waals surface area contributed by atoms with Gasteiger partial charge < -0.3 is 19.4 Å². The Balaban J connectivity index is 1.47. The lowest BCUT2D eigenvalue weighted by Crippen LogP contribution is -2.41. The van der Waals surface area contributed by atoms with Gasteiger partial charge in [0.05, 0.1) is 30.7 Å². The third kappa shape index (κ3) is 3.52. The average molecular weight is 352 g/mol. The molecule has 1 aliphatic carbocycles. The monoisotopic (exact) mass is 352 g/mol. The Labute approximate surface area is 150 Å². The summed E-state index contributed by atoms with van der Waals surface area (Å²) in [6.45, 7) is 0.520. The number of nitrogens with zero attached hydrogens (tertiary/aromatic N) is 3. The van der Waals surface area contributed by atoms with Crippen molar-refractivity contribution in [2.24, 2.45) is 5.92 Å². The van der Waals surface area contributed by atoms with Crippen molar-refractivity contribution in [2.45, 2.75) is 31.5 Å². The summed E-state index contributed by atoms with van der Waals surface area (Å²) in [5, 5.41) is 12.7. The van der Waals surface area contributed by atoms with Crippen LogP contribution in [0.25, 0.3) is 0 Å². The minimum Gasteiger partial charge on any atom is -0.454 e. The number of furan rings is 1. The van der Waals surface area contributed by atoms with Crippen LogP contribution in [0.2, 0.25) is 0 Å². The van der Waals surface area contributed by atoms with Gasteiger partial charge in [-0.05, 0) is 43.0 Å². The minimum absolute atomic E-state index is 0.171. The van der Waals surface area contributed by atoms with Gasteiger partial charge in [-0.25, -0.2) is 4.98 Å². The highest BCUT2D eigenvalue weighted by molar-refractivity contribution is 5.91. The Morgan fingerprint density at radius 1 is 1.31 bits per heavy atom. The van der Waals surface area contributed by atoms with E-state index in [2.05, 4.69) is 15.3 Å². The first-order valence-electron chi connectivity index (χ1n) is 8.63. The van der Waals surface area contributed by atoms with Gasteiger partial charge in [-0.1, -0.05) is 6.07 Å². The highest BCUT2D eigenvalue weighted by atomic mass is 16.4. The molecule has 1 fully saturated rings. The fourth-order valence-corrected chi connectivity index (χ4v) is 3.25. The second kappa shape index (κ2) is 7.13. The summed E-state index contributed by atoms with van der Waals surface area (Å²) in [5.41, 5.74) is 0.794. The van der Waals surface area contributed by atoms with Crippen LogP contribution in [-0.4, -0.2) is 31.7 Å². The summed E-state index contributed by atoms with van der Waals surface area (Å²) < 4.78 is 7.55. The molecular weight excluding hydrogens is 332 g/mol. The molecule has 7 heteroatoms. The molecular formula is C19H20N4O3. The fourth-order valence-electron chi connectivity index (χ4n) is 3.25. The van der Waals surface area contributed by atoms with Crippen molar-refractivity contribution in [3.63, 3.8) is 0 Å². The quantitative estimate of drug-likeness (QED) is 0.709. The van der Waals surface area contributed by atoms with Crippen LogP contribution >= 0.6 is 0 Å². The standard InChI is InChI=1S/C19H20N4O3/c24-14-9-13(10-14)18(16-3-1-2-6-21-16)22-19(25)17-5-4-15(26-17)11-23-8-7-20-12-23/h1-8,12-14,18,24H,9-11H2,(H,22,25)/t13?,14?,18-/m0/s1. The van der Waals surface area contributed by atoms with Gasteiger partial charge in [-0.3, -0.25) is 9.78 Å². The van der Waals surface area contributed by atoms with E-state index in [4.69, 9.17) is 4.42 Å². The molecule has 3 heterocycles. The van der Waals surface area contributed by atoms with Crippen LogP contribution in [0, 0.1) is 5.92 Å². The normalized spacial score (nSPS) is 20.3. The number of nitrogens with one attached hydrogen (secondary N) is 1. The van der Waals surface area contributed by atoms with Crippen molar-refractivity contribution in [1.29, 1.82) is 0 Å². The van der Waals surface area contributed by atoms with Crippen molar-refractivity contribution in [3.05, 3.63) is 72.5 Å². The van der Waals surface area contributed by atoms with Crippen molar-refractivity contribution in [3.8, 4) is 0 Å². The second-order valence-electron chi connectivity index (χ2n) is 6.59. The predicted octanol–water partition coefficient (Wildman–Crippen LogP) is 2.16. The van der Waals surface area contributed by atoms with Gasteiger partial charge in [0.1, 0.15) is 5.76 Å². The van der Waals surface area contributed by atoms with Crippen LogP contribution in [0.1, 0.15) is 40.9 Å². The van der Waals surface area contributed by atoms with Crippen LogP contribution in [0.15, 0.2) is 59.7 Å². The zero-order valence-electron chi connectivity index (χ0n) is 14.2. The topological polar surface area (TPSA) is 93.2 Å². The van der Waals surface area contributed by atoms with E-state index < -0.39 is 0 Å². The number of carbonyl (C=O) groups excluding carboxylic acids is 1. The van der Waals surface area contributed by atoms with Crippen LogP contribution in [0.3, 0.4) is 0 Å². The molecule has 1 atom stereocenters. The average Bonchev–Trinajstić information content (AvgIpc) is 3.30. The van der Waals surface area contributed by atoms with Gasteiger partial charge in [0.2, 0.25) is 0 Å². The minimum atomic E-state index is -0.298. The Morgan fingerprint density at radius 3 is 2.88 bits per heavy atom. The Hall–Kier alpha value is -2.93. The van der Waals surface area contributed by atoms with Gasteiger partial charge in [0.15, 0.2) is 5.76 Å². The number of carbonyl (C=O) groups is 1. The van der Waals surface area contributed by atoms with Gasteiger partial charge in [0.25, 0.3) is 5.91 Å². The van der Waals surface area contributed by atoms with Gasteiger partial charge in [-0.2, -0.15) is 0 Å². The molecule has 26 heavy (non-hydrogen) atoms. The van der Waals surface area contributed by atoms with Crippen molar-refractivity contribution >= 4 is 5.91 Å². The highest BCUT2D eigenvalue weighted by Gasteiger charge is 2.36. The van der Waals surface area contributed by atoms with Gasteiger partial charge >= 0.3 is 0 Å². The summed E-state index contributed by atoms with van der Waals surface area (Å²) in [5.74, 6) is 0.839. The first kappa shape index (κ1) is 16.5. The summed E-state index contributed by atoms with van der Waals surface area (Å²) in [7, 11) is 0. The van der Waals surface area contributed by atoms with Gasteiger partial charge in [0, 0.05) is 18.6 Å². The van der Waals surface area contributed by atoms with Crippen LogP contribution < -0.4 is 5.32 Å². The van der Waals surface area contributed by atoms with E-state index in [1.165, 1.54) is 0 Å². The molecule has 134 valence electrons. The molecule has 0 saturated heterocycles. The maximum absolute atomic E-state index is 12.7. The summed E-state index contributed by atoms with van der Waals surface area (Å²) in [6.07, 6.45) is 7.95. The number of hydrogen-bond donors (Lipinski definition) is 2. The van der Waals surface area contributed by atoms with E-state index in [0.717, 1.165) is 5.69 Å². The zero-order chi connectivity index (χ0) is 17.9. The van der Waals surface area contributed by atoms with E-state index in [-0.39, 0.29) is 29.7 Å². The lowest BCUT2D eigenvalue weighted by atomic mass is 9.76. The SMILES string of the molecule is O=C(N[C@H](c1ccccn1)C1CC(O)C1)c1ccc(Cn2ccnc2)o1. The van der Waals surface area contributed by atoms with Crippen molar-refractivity contribution in [2.75, 3.05) is 0 Å². The number of aromatic nitrogens is 3. The van der Waals surface area contributed by atoms with Crippen molar-refractivity contribution < 1.29 is 14.3 Å². The van der Waals surface area contributed by atoms with E-state index in [1.54, 1.807) is 30.9 Å². The third-order valence-corrected chi connectivity index (χ3v) is 4.70. The van der Waals surface area contributed by atoms with Crippen LogP contribution in [0.4, 0.5) is 0 Å². The van der Waals surface area contributed by atoms with Crippen molar-refractivity contribution in [1.82, 2.24) is 19.9 Å². The number of rotatable bonds is 6. The molecule has 3 aromatic rings. The molecule has 1 aliphatic rings. The number of aliphatic hydroxyl groups excluding tert-OH is 1. The zero-order valence-corrected chi connectivity index (χ0v) is 14.2. The largest absolute Gasteiger partial charge is 0.454 e. The van der Waals surface area contributed by atoms with E-state index in [1.807, 2.05) is 29.0 Å². The van der Waals surface area contributed by atoms with E-state index in [9.17, 15) is 9.90 Å². The first-order chi connectivity index (χ1) is 12.7. The number of imidazole rings is 1. The third-order valence-electron chi connectivity index (χ3n) is 4.70. The molecule has 1 amide bonds.